The Morgan fingerprint density at radius 2 is 2.08 bits per heavy atom. The Kier molecular flexibility index (Phi) is 5.41. The van der Waals surface area contributed by atoms with Crippen LogP contribution in [0.3, 0.4) is 0 Å². The second kappa shape index (κ2) is 7.74. The number of thiazole rings is 1. The first-order valence-electron chi connectivity index (χ1n) is 8.31. The number of fused-ring (bicyclic) bond motifs is 1. The number of esters is 1. The zero-order valence-corrected chi connectivity index (χ0v) is 15.7. The summed E-state index contributed by atoms with van der Waals surface area (Å²) in [6, 6.07) is 5.10. The number of benzene rings is 1. The van der Waals surface area contributed by atoms with Crippen LogP contribution in [-0.4, -0.2) is 41.2 Å². The predicted octanol–water partition coefficient (Wildman–Crippen LogP) is 3.10. The molecule has 2 heterocycles. The highest BCUT2D eigenvalue weighted by molar-refractivity contribution is 7.09. The van der Waals surface area contributed by atoms with Crippen molar-refractivity contribution >= 4 is 23.2 Å². The first-order valence-corrected chi connectivity index (χ1v) is 9.19. The number of carbonyl (C=O) groups excluding carboxylic acids is 2. The molecule has 138 valence electrons. The fourth-order valence-corrected chi connectivity index (χ4v) is 3.27. The smallest absolute Gasteiger partial charge is 0.357 e. The van der Waals surface area contributed by atoms with Gasteiger partial charge in [-0.2, -0.15) is 0 Å². The van der Waals surface area contributed by atoms with Gasteiger partial charge in [0.2, 0.25) is 6.79 Å². The van der Waals surface area contributed by atoms with E-state index < -0.39 is 5.97 Å². The molecule has 1 amide bonds. The molecule has 0 spiro atoms. The van der Waals surface area contributed by atoms with Crippen LogP contribution in [-0.2, 0) is 11.3 Å². The molecule has 0 radical (unpaired) electrons. The third-order valence-electron chi connectivity index (χ3n) is 3.85. The number of hydrogen-bond donors (Lipinski definition) is 0. The molecule has 7 nitrogen and oxygen atoms in total. The molecule has 0 fully saturated rings. The normalized spacial score (nSPS) is 12.3. The number of amides is 1. The van der Waals surface area contributed by atoms with Gasteiger partial charge >= 0.3 is 5.97 Å². The molecular formula is C18H20N2O5S. The standard InChI is InChI=1S/C18H20N2O5S/c1-4-23-18(22)13-9-26-16(19-13)8-20(11(2)3)17(21)12-5-6-14-15(7-12)25-10-24-14/h5-7,9,11H,4,8,10H2,1-3H3. The van der Waals surface area contributed by atoms with Crippen LogP contribution in [0.25, 0.3) is 0 Å². The summed E-state index contributed by atoms with van der Waals surface area (Å²) < 4.78 is 15.6. The van der Waals surface area contributed by atoms with Crippen LogP contribution in [0.15, 0.2) is 23.6 Å². The molecule has 1 aromatic heterocycles. The van der Waals surface area contributed by atoms with Crippen molar-refractivity contribution in [3.63, 3.8) is 0 Å². The SMILES string of the molecule is CCOC(=O)c1csc(CN(C(=O)c2ccc3c(c2)OCO3)C(C)C)n1. The summed E-state index contributed by atoms with van der Waals surface area (Å²) in [5, 5.41) is 2.33. The number of carbonyl (C=O) groups is 2. The second-order valence-corrected chi connectivity index (χ2v) is 6.88. The highest BCUT2D eigenvalue weighted by Crippen LogP contribution is 2.33. The Bertz CT molecular complexity index is 818. The van der Waals surface area contributed by atoms with E-state index in [1.165, 1.54) is 11.3 Å². The molecule has 1 aliphatic heterocycles. The number of aromatic nitrogens is 1. The van der Waals surface area contributed by atoms with E-state index >= 15 is 0 Å². The lowest BCUT2D eigenvalue weighted by Gasteiger charge is -2.26. The molecule has 0 saturated carbocycles. The van der Waals surface area contributed by atoms with Gasteiger partial charge in [0.1, 0.15) is 5.01 Å². The van der Waals surface area contributed by atoms with Crippen molar-refractivity contribution in [2.75, 3.05) is 13.4 Å². The van der Waals surface area contributed by atoms with Crippen LogP contribution in [0.4, 0.5) is 0 Å². The molecule has 2 aromatic rings. The van der Waals surface area contributed by atoms with Gasteiger partial charge in [0, 0.05) is 17.0 Å². The summed E-state index contributed by atoms with van der Waals surface area (Å²) in [7, 11) is 0. The molecule has 0 unspecified atom stereocenters. The maximum atomic E-state index is 12.9. The van der Waals surface area contributed by atoms with E-state index in [-0.39, 0.29) is 24.4 Å². The van der Waals surface area contributed by atoms with E-state index in [2.05, 4.69) is 4.98 Å². The van der Waals surface area contributed by atoms with Gasteiger partial charge in [0.25, 0.3) is 5.91 Å². The largest absolute Gasteiger partial charge is 0.461 e. The van der Waals surface area contributed by atoms with Crippen LogP contribution < -0.4 is 9.47 Å². The van der Waals surface area contributed by atoms with E-state index in [0.29, 0.717) is 35.2 Å². The molecule has 0 aliphatic carbocycles. The van der Waals surface area contributed by atoms with Gasteiger partial charge in [0.05, 0.1) is 13.2 Å². The number of nitrogens with zero attached hydrogens (tertiary/aromatic N) is 2. The maximum absolute atomic E-state index is 12.9. The van der Waals surface area contributed by atoms with Crippen molar-refractivity contribution in [1.82, 2.24) is 9.88 Å². The van der Waals surface area contributed by atoms with Crippen LogP contribution in [0.5, 0.6) is 11.5 Å². The zero-order valence-electron chi connectivity index (χ0n) is 14.9. The molecule has 3 rings (SSSR count). The number of hydrogen-bond acceptors (Lipinski definition) is 7. The van der Waals surface area contributed by atoms with Crippen LogP contribution in [0.2, 0.25) is 0 Å². The van der Waals surface area contributed by atoms with Crippen LogP contribution in [0, 0.1) is 0 Å². The number of rotatable bonds is 6. The summed E-state index contributed by atoms with van der Waals surface area (Å²) in [6.07, 6.45) is 0. The van der Waals surface area contributed by atoms with Gasteiger partial charge < -0.3 is 19.1 Å². The molecular weight excluding hydrogens is 356 g/mol. The quantitative estimate of drug-likeness (QED) is 0.721. The minimum Gasteiger partial charge on any atom is -0.461 e. The third kappa shape index (κ3) is 3.80. The summed E-state index contributed by atoms with van der Waals surface area (Å²) in [6.45, 7) is 6.39. The average Bonchev–Trinajstić information content (AvgIpc) is 3.27. The monoisotopic (exact) mass is 376 g/mol. The third-order valence-corrected chi connectivity index (χ3v) is 4.68. The lowest BCUT2D eigenvalue weighted by molar-refractivity contribution is 0.0520. The van der Waals surface area contributed by atoms with Gasteiger partial charge in [0.15, 0.2) is 17.2 Å². The fraction of sp³-hybridized carbons (Fsp3) is 0.389. The summed E-state index contributed by atoms with van der Waals surface area (Å²) in [5.74, 6) is 0.620. The zero-order chi connectivity index (χ0) is 18.7. The molecule has 0 atom stereocenters. The Hall–Kier alpha value is -2.61. The molecule has 0 N–H and O–H groups in total. The fourth-order valence-electron chi connectivity index (χ4n) is 2.51. The van der Waals surface area contributed by atoms with Crippen molar-refractivity contribution in [3.8, 4) is 11.5 Å². The summed E-state index contributed by atoms with van der Waals surface area (Å²) in [4.78, 5) is 30.7. The summed E-state index contributed by atoms with van der Waals surface area (Å²) >= 11 is 1.33. The highest BCUT2D eigenvalue weighted by atomic mass is 32.1. The van der Waals surface area contributed by atoms with Gasteiger partial charge in [-0.25, -0.2) is 9.78 Å². The minimum absolute atomic E-state index is 0.0390. The second-order valence-electron chi connectivity index (χ2n) is 5.94. The predicted molar refractivity (Wildman–Crippen MR) is 95.6 cm³/mol. The maximum Gasteiger partial charge on any atom is 0.357 e. The van der Waals surface area contributed by atoms with Crippen molar-refractivity contribution < 1.29 is 23.8 Å². The molecule has 1 aromatic carbocycles. The van der Waals surface area contributed by atoms with Gasteiger partial charge in [-0.15, -0.1) is 11.3 Å². The van der Waals surface area contributed by atoms with E-state index in [1.54, 1.807) is 35.4 Å². The van der Waals surface area contributed by atoms with Crippen molar-refractivity contribution in [3.05, 3.63) is 39.8 Å². The number of ether oxygens (including phenoxy) is 3. The molecule has 8 heteroatoms. The molecule has 1 aliphatic rings. The summed E-state index contributed by atoms with van der Waals surface area (Å²) in [5.41, 5.74) is 0.788. The lowest BCUT2D eigenvalue weighted by atomic mass is 10.1. The lowest BCUT2D eigenvalue weighted by Crippen LogP contribution is -2.36. The first kappa shape index (κ1) is 18.2. The first-order chi connectivity index (χ1) is 12.5. The van der Waals surface area contributed by atoms with Crippen molar-refractivity contribution in [1.29, 1.82) is 0 Å². The van der Waals surface area contributed by atoms with Crippen molar-refractivity contribution in [2.45, 2.75) is 33.4 Å². The highest BCUT2D eigenvalue weighted by Gasteiger charge is 2.24. The Labute approximate surface area is 155 Å². The van der Waals surface area contributed by atoms with Crippen LogP contribution in [0.1, 0.15) is 46.6 Å². The molecule has 0 saturated heterocycles. The minimum atomic E-state index is -0.451. The Balaban J connectivity index is 1.77. The van der Waals surface area contributed by atoms with E-state index in [4.69, 9.17) is 14.2 Å². The van der Waals surface area contributed by atoms with E-state index in [9.17, 15) is 9.59 Å². The molecule has 26 heavy (non-hydrogen) atoms. The van der Waals surface area contributed by atoms with E-state index in [0.717, 1.165) is 0 Å². The van der Waals surface area contributed by atoms with Crippen molar-refractivity contribution in [2.24, 2.45) is 0 Å². The topological polar surface area (TPSA) is 78.0 Å². The van der Waals surface area contributed by atoms with Gasteiger partial charge in [-0.1, -0.05) is 0 Å². The Morgan fingerprint density at radius 3 is 2.81 bits per heavy atom. The van der Waals surface area contributed by atoms with E-state index in [1.807, 2.05) is 13.8 Å². The Morgan fingerprint density at radius 1 is 1.31 bits per heavy atom. The van der Waals surface area contributed by atoms with Gasteiger partial charge in [-0.3, -0.25) is 4.79 Å². The van der Waals surface area contributed by atoms with Crippen LogP contribution >= 0.6 is 11.3 Å². The average molecular weight is 376 g/mol. The molecule has 0 bridgehead atoms. The van der Waals surface area contributed by atoms with Gasteiger partial charge in [-0.05, 0) is 39.0 Å².